The molecular formula is C17H20O5. The largest absolute Gasteiger partial charge is 0.488 e. The van der Waals surface area contributed by atoms with Gasteiger partial charge in [-0.05, 0) is 13.8 Å². The van der Waals surface area contributed by atoms with Crippen molar-refractivity contribution in [3.63, 3.8) is 0 Å². The van der Waals surface area contributed by atoms with Crippen LogP contribution < -0.4 is 4.74 Å². The Morgan fingerprint density at radius 2 is 2.27 bits per heavy atom. The number of rotatable bonds is 6. The number of para-hydroxylation sites is 1. The Morgan fingerprint density at radius 1 is 1.45 bits per heavy atom. The van der Waals surface area contributed by atoms with Crippen LogP contribution in [0.3, 0.4) is 0 Å². The molecule has 2 heterocycles. The lowest BCUT2D eigenvalue weighted by Crippen LogP contribution is -2.14. The van der Waals surface area contributed by atoms with Gasteiger partial charge in [-0.2, -0.15) is 0 Å². The van der Waals surface area contributed by atoms with Crippen molar-refractivity contribution >= 4 is 5.97 Å². The first kappa shape index (κ1) is 14.0. The molecule has 1 saturated heterocycles. The molecule has 2 aliphatic heterocycles. The van der Waals surface area contributed by atoms with Gasteiger partial charge in [0.1, 0.15) is 23.9 Å². The summed E-state index contributed by atoms with van der Waals surface area (Å²) in [5, 5.41) is 0. The van der Waals surface area contributed by atoms with E-state index in [1.165, 1.54) is 0 Å². The molecule has 1 aliphatic carbocycles. The topological polar surface area (TPSA) is 57.3 Å². The normalized spacial score (nSPS) is 31.7. The third-order valence-corrected chi connectivity index (χ3v) is 4.57. The van der Waals surface area contributed by atoms with Crippen LogP contribution in [0.25, 0.3) is 0 Å². The molecule has 1 saturated carbocycles. The van der Waals surface area contributed by atoms with Gasteiger partial charge in [-0.3, -0.25) is 4.79 Å². The fraction of sp³-hybridized carbons (Fsp3) is 0.588. The van der Waals surface area contributed by atoms with Crippen molar-refractivity contribution in [1.29, 1.82) is 0 Å². The molecule has 118 valence electrons. The second kappa shape index (κ2) is 5.25. The van der Waals surface area contributed by atoms with E-state index in [-0.39, 0.29) is 36.1 Å². The molecule has 1 aromatic rings. The minimum absolute atomic E-state index is 0.0438. The third kappa shape index (κ3) is 2.29. The van der Waals surface area contributed by atoms with Gasteiger partial charge in [0.2, 0.25) is 0 Å². The van der Waals surface area contributed by atoms with Crippen LogP contribution in [-0.4, -0.2) is 38.0 Å². The molecule has 1 aromatic carbocycles. The highest BCUT2D eigenvalue weighted by atomic mass is 16.6. The fourth-order valence-electron chi connectivity index (χ4n) is 3.25. The number of hydrogen-bond acceptors (Lipinski definition) is 5. The Labute approximate surface area is 129 Å². The van der Waals surface area contributed by atoms with E-state index in [1.807, 2.05) is 32.0 Å². The Bertz CT molecular complexity index is 595. The number of ether oxygens (including phenoxy) is 4. The predicted octanol–water partition coefficient (Wildman–Crippen LogP) is 2.20. The van der Waals surface area contributed by atoms with Gasteiger partial charge in [0.05, 0.1) is 25.9 Å². The molecule has 0 amide bonds. The summed E-state index contributed by atoms with van der Waals surface area (Å²) < 4.78 is 22.1. The van der Waals surface area contributed by atoms with Crippen molar-refractivity contribution in [2.75, 3.05) is 19.8 Å². The molecule has 0 spiro atoms. The molecule has 3 aliphatic rings. The summed E-state index contributed by atoms with van der Waals surface area (Å²) in [6.07, 6.45) is 0.147. The number of carbonyl (C=O) groups excluding carboxylic acids is 1. The zero-order chi connectivity index (χ0) is 15.3. The molecule has 5 heteroatoms. The van der Waals surface area contributed by atoms with Gasteiger partial charge in [0.25, 0.3) is 0 Å². The Balaban J connectivity index is 1.49. The monoisotopic (exact) mass is 304 g/mol. The number of carbonyl (C=O) groups is 1. The molecule has 2 fully saturated rings. The first-order chi connectivity index (χ1) is 10.7. The first-order valence-electron chi connectivity index (χ1n) is 7.90. The maximum Gasteiger partial charge on any atom is 0.313 e. The fourth-order valence-corrected chi connectivity index (χ4v) is 3.25. The number of benzene rings is 1. The van der Waals surface area contributed by atoms with Crippen molar-refractivity contribution in [3.05, 3.63) is 29.3 Å². The summed E-state index contributed by atoms with van der Waals surface area (Å²) in [6.45, 7) is 5.67. The molecule has 0 bridgehead atoms. The van der Waals surface area contributed by atoms with E-state index in [2.05, 4.69) is 0 Å². The van der Waals surface area contributed by atoms with Gasteiger partial charge in [-0.15, -0.1) is 0 Å². The quantitative estimate of drug-likeness (QED) is 0.595. The second-order valence-electron chi connectivity index (χ2n) is 6.08. The van der Waals surface area contributed by atoms with Gasteiger partial charge >= 0.3 is 5.97 Å². The summed E-state index contributed by atoms with van der Waals surface area (Å²) in [7, 11) is 0. The minimum Gasteiger partial charge on any atom is -0.488 e. The van der Waals surface area contributed by atoms with Crippen molar-refractivity contribution in [2.45, 2.75) is 38.1 Å². The van der Waals surface area contributed by atoms with Crippen LogP contribution in [-0.2, 0) is 19.0 Å². The van der Waals surface area contributed by atoms with E-state index in [1.54, 1.807) is 0 Å². The smallest absolute Gasteiger partial charge is 0.313 e. The molecule has 0 aromatic heterocycles. The standard InChI is InChI=1S/C17H20O5/c1-3-19-17(18)14-13-12-6-4-5-11(15(12)22-16(13)14)9(2)20-7-10-8-21-10/h4-6,9-10,13-14,16H,3,7-8H2,1-2H3/t9-,10+,13+,14+,16+/m1/s1. The van der Waals surface area contributed by atoms with Crippen LogP contribution >= 0.6 is 0 Å². The number of hydrogen-bond donors (Lipinski definition) is 0. The third-order valence-electron chi connectivity index (χ3n) is 4.57. The van der Waals surface area contributed by atoms with Crippen molar-refractivity contribution in [3.8, 4) is 5.75 Å². The van der Waals surface area contributed by atoms with Crippen LogP contribution in [0, 0.1) is 5.92 Å². The highest BCUT2D eigenvalue weighted by Crippen LogP contribution is 2.60. The SMILES string of the molecule is CCOC(=O)[C@@H]1[C@H]2Oc3c(cccc3[C@@H](C)OC[C@H]3CO3)[C@H]21. The van der Waals surface area contributed by atoms with Gasteiger partial charge in [0, 0.05) is 17.0 Å². The van der Waals surface area contributed by atoms with Gasteiger partial charge in [-0.1, -0.05) is 18.2 Å². The Kier molecular flexibility index (Phi) is 3.35. The molecule has 0 N–H and O–H groups in total. The van der Waals surface area contributed by atoms with Crippen LogP contribution in [0.15, 0.2) is 18.2 Å². The minimum atomic E-state index is -0.149. The highest BCUT2D eigenvalue weighted by molar-refractivity contribution is 5.81. The molecule has 22 heavy (non-hydrogen) atoms. The van der Waals surface area contributed by atoms with Crippen LogP contribution in [0.4, 0.5) is 0 Å². The lowest BCUT2D eigenvalue weighted by molar-refractivity contribution is -0.145. The average molecular weight is 304 g/mol. The maximum absolute atomic E-state index is 11.9. The van der Waals surface area contributed by atoms with E-state index in [9.17, 15) is 4.79 Å². The lowest BCUT2D eigenvalue weighted by atomic mass is 10.0. The van der Waals surface area contributed by atoms with Crippen LogP contribution in [0.5, 0.6) is 5.75 Å². The molecule has 0 unspecified atom stereocenters. The van der Waals surface area contributed by atoms with E-state index in [4.69, 9.17) is 18.9 Å². The summed E-state index contributed by atoms with van der Waals surface area (Å²) in [5.74, 6) is 0.748. The van der Waals surface area contributed by atoms with Crippen molar-refractivity contribution in [2.24, 2.45) is 5.92 Å². The van der Waals surface area contributed by atoms with Crippen molar-refractivity contribution < 1.29 is 23.7 Å². The summed E-state index contributed by atoms with van der Waals surface area (Å²) >= 11 is 0. The van der Waals surface area contributed by atoms with E-state index in [0.717, 1.165) is 23.5 Å². The summed E-state index contributed by atoms with van der Waals surface area (Å²) in [4.78, 5) is 11.9. The van der Waals surface area contributed by atoms with E-state index < -0.39 is 0 Å². The lowest BCUT2D eigenvalue weighted by Gasteiger charge is -2.18. The van der Waals surface area contributed by atoms with Crippen LogP contribution in [0.1, 0.15) is 37.0 Å². The first-order valence-corrected chi connectivity index (χ1v) is 7.90. The predicted molar refractivity (Wildman–Crippen MR) is 77.8 cm³/mol. The maximum atomic E-state index is 11.9. The number of fused-ring (bicyclic) bond motifs is 3. The van der Waals surface area contributed by atoms with Gasteiger partial charge in [0.15, 0.2) is 0 Å². The Hall–Kier alpha value is -1.59. The summed E-state index contributed by atoms with van der Waals surface area (Å²) in [5.41, 5.74) is 2.16. The van der Waals surface area contributed by atoms with Gasteiger partial charge < -0.3 is 18.9 Å². The Morgan fingerprint density at radius 3 is 3.00 bits per heavy atom. The molecule has 4 rings (SSSR count). The van der Waals surface area contributed by atoms with Crippen molar-refractivity contribution in [1.82, 2.24) is 0 Å². The number of epoxide rings is 1. The number of esters is 1. The van der Waals surface area contributed by atoms with E-state index >= 15 is 0 Å². The molecular weight excluding hydrogens is 284 g/mol. The average Bonchev–Trinajstić information content (AvgIpc) is 3.42. The zero-order valence-electron chi connectivity index (χ0n) is 12.8. The highest BCUT2D eigenvalue weighted by Gasteiger charge is 2.63. The van der Waals surface area contributed by atoms with Gasteiger partial charge in [-0.25, -0.2) is 0 Å². The summed E-state index contributed by atoms with van der Waals surface area (Å²) in [6, 6.07) is 6.08. The molecule has 0 radical (unpaired) electrons. The molecule has 5 nitrogen and oxygen atoms in total. The second-order valence-corrected chi connectivity index (χ2v) is 6.08. The molecule has 5 atom stereocenters. The van der Waals surface area contributed by atoms with Crippen LogP contribution in [0.2, 0.25) is 0 Å². The van der Waals surface area contributed by atoms with E-state index in [0.29, 0.717) is 13.2 Å². The zero-order valence-corrected chi connectivity index (χ0v) is 12.8.